The molecule has 1 saturated heterocycles. The molecular weight excluding hydrogens is 378 g/mol. The van der Waals surface area contributed by atoms with Crippen molar-refractivity contribution >= 4 is 5.91 Å². The lowest BCUT2D eigenvalue weighted by Gasteiger charge is -2.52. The van der Waals surface area contributed by atoms with Crippen LogP contribution in [0.5, 0.6) is 11.5 Å². The van der Waals surface area contributed by atoms with Gasteiger partial charge in [-0.1, -0.05) is 49.2 Å². The average molecular weight is 410 g/mol. The second-order valence-electron chi connectivity index (χ2n) is 8.51. The number of nitrogens with zero attached hydrogens (tertiary/aromatic N) is 1. The lowest BCUT2D eigenvalue weighted by atomic mass is 9.66. The van der Waals surface area contributed by atoms with Crippen molar-refractivity contribution < 1.29 is 19.4 Å². The molecule has 0 aromatic heterocycles. The van der Waals surface area contributed by atoms with Gasteiger partial charge in [-0.3, -0.25) is 4.79 Å². The van der Waals surface area contributed by atoms with Gasteiger partial charge in [-0.25, -0.2) is 0 Å². The van der Waals surface area contributed by atoms with Gasteiger partial charge in [0.25, 0.3) is 0 Å². The highest BCUT2D eigenvalue weighted by Gasteiger charge is 2.50. The van der Waals surface area contributed by atoms with Gasteiger partial charge in [-0.2, -0.15) is 0 Å². The van der Waals surface area contributed by atoms with Gasteiger partial charge < -0.3 is 19.5 Å². The Hall–Kier alpha value is -2.53. The molecule has 1 saturated carbocycles. The van der Waals surface area contributed by atoms with Gasteiger partial charge in [-0.05, 0) is 42.5 Å². The third kappa shape index (κ3) is 3.91. The minimum absolute atomic E-state index is 0.0258. The van der Waals surface area contributed by atoms with E-state index < -0.39 is 5.60 Å². The zero-order chi connectivity index (χ0) is 21.1. The molecule has 0 bridgehead atoms. The lowest BCUT2D eigenvalue weighted by molar-refractivity contribution is -0.154. The zero-order valence-corrected chi connectivity index (χ0v) is 17.8. The normalized spacial score (nSPS) is 26.0. The number of ether oxygens (including phenoxy) is 2. The van der Waals surface area contributed by atoms with Crippen LogP contribution in [-0.4, -0.2) is 42.3 Å². The molecule has 1 amide bonds. The molecule has 5 heteroatoms. The maximum absolute atomic E-state index is 13.4. The van der Waals surface area contributed by atoms with Gasteiger partial charge in [-0.15, -0.1) is 0 Å². The Kier molecular flexibility index (Phi) is 6.00. The van der Waals surface area contributed by atoms with E-state index >= 15 is 0 Å². The zero-order valence-electron chi connectivity index (χ0n) is 17.8. The lowest BCUT2D eigenvalue weighted by Crippen LogP contribution is -2.56. The van der Waals surface area contributed by atoms with E-state index in [1.54, 1.807) is 14.2 Å². The monoisotopic (exact) mass is 409 g/mol. The summed E-state index contributed by atoms with van der Waals surface area (Å²) in [6, 6.07) is 15.6. The van der Waals surface area contributed by atoms with Crippen molar-refractivity contribution in [2.75, 3.05) is 20.8 Å². The highest BCUT2D eigenvalue weighted by Crippen LogP contribution is 2.50. The van der Waals surface area contributed by atoms with Crippen LogP contribution >= 0.6 is 0 Å². The second-order valence-corrected chi connectivity index (χ2v) is 8.51. The number of hydrogen-bond acceptors (Lipinski definition) is 4. The van der Waals surface area contributed by atoms with Crippen molar-refractivity contribution in [3.63, 3.8) is 0 Å². The summed E-state index contributed by atoms with van der Waals surface area (Å²) in [4.78, 5) is 15.4. The summed E-state index contributed by atoms with van der Waals surface area (Å²) in [5, 5.41) is 11.4. The number of aliphatic hydroxyl groups is 1. The Labute approximate surface area is 178 Å². The summed E-state index contributed by atoms with van der Waals surface area (Å²) >= 11 is 0. The molecule has 1 aliphatic carbocycles. The summed E-state index contributed by atoms with van der Waals surface area (Å²) in [5.41, 5.74) is 1.30. The summed E-state index contributed by atoms with van der Waals surface area (Å²) in [6.07, 6.45) is 4.87. The van der Waals surface area contributed by atoms with Crippen LogP contribution in [0.3, 0.4) is 0 Å². The number of likely N-dealkylation sites (tertiary alicyclic amines) is 1. The number of methoxy groups -OCH3 is 2. The molecule has 1 heterocycles. The molecule has 3 atom stereocenters. The molecule has 1 aliphatic heterocycles. The van der Waals surface area contributed by atoms with Gasteiger partial charge in [0, 0.05) is 12.5 Å². The molecule has 2 fully saturated rings. The van der Waals surface area contributed by atoms with E-state index in [2.05, 4.69) is 0 Å². The quantitative estimate of drug-likeness (QED) is 0.806. The number of carbonyl (C=O) groups excluding carboxylic acids is 1. The number of rotatable bonds is 5. The fourth-order valence-corrected chi connectivity index (χ4v) is 5.28. The molecular formula is C25H31NO4. The number of piperidine rings is 1. The Morgan fingerprint density at radius 1 is 1.07 bits per heavy atom. The summed E-state index contributed by atoms with van der Waals surface area (Å²) < 4.78 is 10.9. The van der Waals surface area contributed by atoms with Gasteiger partial charge in [0.15, 0.2) is 11.5 Å². The van der Waals surface area contributed by atoms with E-state index in [0.717, 1.165) is 36.8 Å². The average Bonchev–Trinajstić information content (AvgIpc) is 2.78. The first-order valence-electron chi connectivity index (χ1n) is 10.8. The van der Waals surface area contributed by atoms with Crippen molar-refractivity contribution in [2.24, 2.45) is 5.92 Å². The Balaban J connectivity index is 1.70. The smallest absolute Gasteiger partial charge is 0.227 e. The Morgan fingerprint density at radius 3 is 2.57 bits per heavy atom. The summed E-state index contributed by atoms with van der Waals surface area (Å²) in [6.45, 7) is 0.567. The molecule has 30 heavy (non-hydrogen) atoms. The maximum Gasteiger partial charge on any atom is 0.227 e. The topological polar surface area (TPSA) is 59.0 Å². The second kappa shape index (κ2) is 8.68. The van der Waals surface area contributed by atoms with E-state index in [1.807, 2.05) is 53.4 Å². The molecule has 5 nitrogen and oxygen atoms in total. The Bertz CT molecular complexity index is 884. The number of amides is 1. The highest BCUT2D eigenvalue weighted by molar-refractivity contribution is 5.79. The molecule has 160 valence electrons. The van der Waals surface area contributed by atoms with Gasteiger partial charge in [0.1, 0.15) is 0 Å². The van der Waals surface area contributed by atoms with E-state index in [0.29, 0.717) is 30.9 Å². The molecule has 4 rings (SSSR count). The van der Waals surface area contributed by atoms with E-state index in [-0.39, 0.29) is 17.9 Å². The minimum Gasteiger partial charge on any atom is -0.493 e. The van der Waals surface area contributed by atoms with Gasteiger partial charge in [0.05, 0.1) is 32.3 Å². The molecule has 0 spiro atoms. The number of carbonyl (C=O) groups is 1. The van der Waals surface area contributed by atoms with Crippen LogP contribution in [0.2, 0.25) is 0 Å². The predicted octanol–water partition coefficient (Wildman–Crippen LogP) is 4.14. The first-order chi connectivity index (χ1) is 14.6. The first-order valence-corrected chi connectivity index (χ1v) is 10.8. The highest BCUT2D eigenvalue weighted by atomic mass is 16.5. The maximum atomic E-state index is 13.4. The molecule has 0 unspecified atom stereocenters. The molecule has 0 radical (unpaired) electrons. The minimum atomic E-state index is -0.709. The van der Waals surface area contributed by atoms with Crippen LogP contribution in [-0.2, 0) is 11.2 Å². The van der Waals surface area contributed by atoms with Crippen LogP contribution in [0.25, 0.3) is 0 Å². The summed E-state index contributed by atoms with van der Waals surface area (Å²) in [7, 11) is 3.24. The van der Waals surface area contributed by atoms with Crippen molar-refractivity contribution in [3.05, 3.63) is 59.7 Å². The van der Waals surface area contributed by atoms with Crippen LogP contribution in [0.4, 0.5) is 0 Å². The van der Waals surface area contributed by atoms with E-state index in [4.69, 9.17) is 9.47 Å². The standard InChI is InChI=1S/C25H31NO4/c1-29-21-12-11-19(17-22(21)30-2)24-20-10-6-7-13-25(20,28)14-15-26(24)23(27)16-18-8-4-3-5-9-18/h3-5,8-9,11-12,17,20,24,28H,6-7,10,13-16H2,1-2H3/t20-,24-,25+/m1/s1. The molecule has 2 aromatic rings. The Morgan fingerprint density at radius 2 is 1.83 bits per heavy atom. The van der Waals surface area contributed by atoms with Crippen molar-refractivity contribution in [1.82, 2.24) is 4.90 Å². The van der Waals surface area contributed by atoms with Crippen molar-refractivity contribution in [2.45, 2.75) is 50.2 Å². The number of benzene rings is 2. The van der Waals surface area contributed by atoms with E-state index in [1.165, 1.54) is 0 Å². The van der Waals surface area contributed by atoms with Gasteiger partial charge >= 0.3 is 0 Å². The molecule has 2 aromatic carbocycles. The molecule has 2 aliphatic rings. The number of fused-ring (bicyclic) bond motifs is 1. The van der Waals surface area contributed by atoms with Crippen molar-refractivity contribution in [1.29, 1.82) is 0 Å². The fourth-order valence-electron chi connectivity index (χ4n) is 5.28. The van der Waals surface area contributed by atoms with Crippen molar-refractivity contribution in [3.8, 4) is 11.5 Å². The van der Waals surface area contributed by atoms with Gasteiger partial charge in [0.2, 0.25) is 5.91 Å². The fraction of sp³-hybridized carbons (Fsp3) is 0.480. The van der Waals surface area contributed by atoms with Crippen LogP contribution in [0.15, 0.2) is 48.5 Å². The largest absolute Gasteiger partial charge is 0.493 e. The predicted molar refractivity (Wildman–Crippen MR) is 116 cm³/mol. The third-order valence-corrected chi connectivity index (χ3v) is 6.84. The van der Waals surface area contributed by atoms with Crippen LogP contribution in [0.1, 0.15) is 49.3 Å². The SMILES string of the molecule is COc1ccc([C@@H]2[C@H]3CCCC[C@]3(O)CCN2C(=O)Cc2ccccc2)cc1OC. The third-order valence-electron chi connectivity index (χ3n) is 6.84. The molecule has 1 N–H and O–H groups in total. The first kappa shape index (κ1) is 20.7. The van der Waals surface area contributed by atoms with E-state index in [9.17, 15) is 9.90 Å². The van der Waals surface area contributed by atoms with Crippen LogP contribution in [0, 0.1) is 5.92 Å². The summed E-state index contributed by atoms with van der Waals surface area (Å²) in [5.74, 6) is 1.44. The number of hydrogen-bond donors (Lipinski definition) is 1. The van der Waals surface area contributed by atoms with Crippen LogP contribution < -0.4 is 9.47 Å².